The lowest BCUT2D eigenvalue weighted by Crippen LogP contribution is -2.38. The van der Waals surface area contributed by atoms with Gasteiger partial charge in [0.2, 0.25) is 0 Å². The quantitative estimate of drug-likeness (QED) is 0.784. The number of rotatable bonds is 1. The van der Waals surface area contributed by atoms with Gasteiger partial charge in [0.15, 0.2) is 0 Å². The van der Waals surface area contributed by atoms with Gasteiger partial charge in [-0.1, -0.05) is 36.7 Å². The van der Waals surface area contributed by atoms with Gasteiger partial charge >= 0.3 is 0 Å². The Balaban J connectivity index is 2.28. The molecule has 1 aromatic carbocycles. The SMILES string of the molecule is CC(C)(C)C1CCC(N)C(c2cc(Br)ccc2F)C1. The lowest BCUT2D eigenvalue weighted by atomic mass is 9.66. The van der Waals surface area contributed by atoms with Crippen LogP contribution >= 0.6 is 15.9 Å². The zero-order valence-electron chi connectivity index (χ0n) is 11.9. The van der Waals surface area contributed by atoms with Gasteiger partial charge in [0, 0.05) is 16.4 Å². The van der Waals surface area contributed by atoms with Crippen LogP contribution in [0.1, 0.15) is 51.5 Å². The van der Waals surface area contributed by atoms with Crippen LogP contribution in [0, 0.1) is 17.2 Å². The lowest BCUT2D eigenvalue weighted by molar-refractivity contribution is 0.152. The average molecular weight is 328 g/mol. The summed E-state index contributed by atoms with van der Waals surface area (Å²) in [5.41, 5.74) is 7.29. The highest BCUT2D eigenvalue weighted by Gasteiger charge is 2.36. The predicted octanol–water partition coefficient (Wildman–Crippen LogP) is 4.85. The molecule has 1 aromatic rings. The number of halogens is 2. The number of hydrogen-bond donors (Lipinski definition) is 1. The molecule has 0 spiro atoms. The minimum absolute atomic E-state index is 0.0717. The van der Waals surface area contributed by atoms with Crippen molar-refractivity contribution in [2.75, 3.05) is 0 Å². The molecule has 2 N–H and O–H groups in total. The first-order valence-electron chi connectivity index (χ1n) is 6.99. The van der Waals surface area contributed by atoms with Crippen molar-refractivity contribution in [3.8, 4) is 0 Å². The van der Waals surface area contributed by atoms with Crippen molar-refractivity contribution >= 4 is 15.9 Å². The first kappa shape index (κ1) is 15.0. The Kier molecular flexibility index (Phi) is 4.36. The van der Waals surface area contributed by atoms with Crippen LogP contribution in [-0.2, 0) is 0 Å². The van der Waals surface area contributed by atoms with Gasteiger partial charge in [0.1, 0.15) is 5.82 Å². The largest absolute Gasteiger partial charge is 0.327 e. The number of benzene rings is 1. The second-order valence-corrected chi connectivity index (χ2v) is 7.73. The zero-order chi connectivity index (χ0) is 14.2. The number of nitrogens with two attached hydrogens (primary N) is 1. The summed E-state index contributed by atoms with van der Waals surface area (Å²) in [7, 11) is 0. The molecule has 0 amide bonds. The molecular formula is C16H23BrFN. The van der Waals surface area contributed by atoms with Crippen LogP contribution in [0.4, 0.5) is 4.39 Å². The monoisotopic (exact) mass is 327 g/mol. The van der Waals surface area contributed by atoms with E-state index in [4.69, 9.17) is 5.73 Å². The minimum Gasteiger partial charge on any atom is -0.327 e. The van der Waals surface area contributed by atoms with Crippen LogP contribution in [0.2, 0.25) is 0 Å². The molecule has 1 nitrogen and oxygen atoms in total. The van der Waals surface area contributed by atoms with Crippen LogP contribution in [-0.4, -0.2) is 6.04 Å². The van der Waals surface area contributed by atoms with E-state index in [1.165, 1.54) is 6.07 Å². The van der Waals surface area contributed by atoms with Gasteiger partial charge < -0.3 is 5.73 Å². The predicted molar refractivity (Wildman–Crippen MR) is 81.6 cm³/mol. The van der Waals surface area contributed by atoms with Crippen LogP contribution in [0.3, 0.4) is 0 Å². The summed E-state index contributed by atoms with van der Waals surface area (Å²) in [4.78, 5) is 0. The van der Waals surface area contributed by atoms with E-state index in [0.29, 0.717) is 5.92 Å². The van der Waals surface area contributed by atoms with Crippen molar-refractivity contribution in [1.82, 2.24) is 0 Å². The Hall–Kier alpha value is -0.410. The van der Waals surface area contributed by atoms with E-state index in [-0.39, 0.29) is 23.2 Å². The summed E-state index contributed by atoms with van der Waals surface area (Å²) in [5.74, 6) is 0.615. The third kappa shape index (κ3) is 3.38. The Bertz CT molecular complexity index is 453. The smallest absolute Gasteiger partial charge is 0.126 e. The zero-order valence-corrected chi connectivity index (χ0v) is 13.5. The summed E-state index contributed by atoms with van der Waals surface area (Å²) in [5, 5.41) is 0. The lowest BCUT2D eigenvalue weighted by Gasteiger charge is -2.41. The molecular weight excluding hydrogens is 305 g/mol. The molecule has 3 atom stereocenters. The van der Waals surface area contributed by atoms with Crippen LogP contribution < -0.4 is 5.73 Å². The molecule has 3 heteroatoms. The maximum atomic E-state index is 14.1. The third-order valence-corrected chi connectivity index (χ3v) is 4.98. The minimum atomic E-state index is -0.127. The van der Waals surface area contributed by atoms with Crippen LogP contribution in [0.5, 0.6) is 0 Å². The van der Waals surface area contributed by atoms with Crippen molar-refractivity contribution in [3.63, 3.8) is 0 Å². The molecule has 19 heavy (non-hydrogen) atoms. The highest BCUT2D eigenvalue weighted by Crippen LogP contribution is 2.44. The summed E-state index contributed by atoms with van der Waals surface area (Å²) in [6.07, 6.45) is 3.12. The summed E-state index contributed by atoms with van der Waals surface area (Å²) in [6.45, 7) is 6.80. The molecule has 2 rings (SSSR count). The third-order valence-electron chi connectivity index (χ3n) is 4.49. The molecule has 1 saturated carbocycles. The fourth-order valence-electron chi connectivity index (χ4n) is 3.14. The standard InChI is InChI=1S/C16H23BrFN/c1-16(2,3)10-4-7-15(19)13(8-10)12-9-11(17)5-6-14(12)18/h5-6,9-10,13,15H,4,7-8,19H2,1-3H3. The van der Waals surface area contributed by atoms with Gasteiger partial charge in [-0.2, -0.15) is 0 Å². The van der Waals surface area contributed by atoms with E-state index in [2.05, 4.69) is 36.7 Å². The van der Waals surface area contributed by atoms with Crippen LogP contribution in [0.25, 0.3) is 0 Å². The Morgan fingerprint density at radius 1 is 1.26 bits per heavy atom. The van der Waals surface area contributed by atoms with E-state index < -0.39 is 0 Å². The Labute approximate surface area is 123 Å². The molecule has 0 radical (unpaired) electrons. The fraction of sp³-hybridized carbons (Fsp3) is 0.625. The van der Waals surface area contributed by atoms with Crippen molar-refractivity contribution in [2.45, 2.75) is 52.0 Å². The van der Waals surface area contributed by atoms with E-state index in [0.717, 1.165) is 29.3 Å². The second-order valence-electron chi connectivity index (χ2n) is 6.81. The summed E-state index contributed by atoms with van der Waals surface area (Å²) < 4.78 is 15.0. The maximum absolute atomic E-state index is 14.1. The molecule has 0 aromatic heterocycles. The van der Waals surface area contributed by atoms with Crippen molar-refractivity contribution in [1.29, 1.82) is 0 Å². The van der Waals surface area contributed by atoms with E-state index in [1.54, 1.807) is 6.07 Å². The second kappa shape index (κ2) is 5.53. The molecule has 106 valence electrons. The molecule has 0 aliphatic heterocycles. The van der Waals surface area contributed by atoms with E-state index >= 15 is 0 Å². The Morgan fingerprint density at radius 3 is 2.58 bits per heavy atom. The van der Waals surface area contributed by atoms with Gasteiger partial charge in [-0.25, -0.2) is 4.39 Å². The average Bonchev–Trinajstić information content (AvgIpc) is 2.32. The van der Waals surface area contributed by atoms with Gasteiger partial charge in [-0.15, -0.1) is 0 Å². The van der Waals surface area contributed by atoms with Gasteiger partial charge in [0.25, 0.3) is 0 Å². The highest BCUT2D eigenvalue weighted by atomic mass is 79.9. The van der Waals surface area contributed by atoms with Crippen LogP contribution in [0.15, 0.2) is 22.7 Å². The van der Waals surface area contributed by atoms with Gasteiger partial charge in [-0.3, -0.25) is 0 Å². The molecule has 0 saturated heterocycles. The first-order chi connectivity index (χ1) is 8.79. The van der Waals surface area contributed by atoms with Gasteiger partial charge in [-0.05, 0) is 54.4 Å². The van der Waals surface area contributed by atoms with Crippen molar-refractivity contribution in [3.05, 3.63) is 34.1 Å². The molecule has 0 heterocycles. The van der Waals surface area contributed by atoms with Crippen molar-refractivity contribution in [2.24, 2.45) is 17.1 Å². The molecule has 1 fully saturated rings. The molecule has 3 unspecified atom stereocenters. The number of hydrogen-bond acceptors (Lipinski definition) is 1. The highest BCUT2D eigenvalue weighted by molar-refractivity contribution is 9.10. The fourth-order valence-corrected chi connectivity index (χ4v) is 3.52. The summed E-state index contributed by atoms with van der Waals surface area (Å²) in [6, 6.07) is 5.24. The Morgan fingerprint density at radius 2 is 1.95 bits per heavy atom. The maximum Gasteiger partial charge on any atom is 0.126 e. The topological polar surface area (TPSA) is 26.0 Å². The van der Waals surface area contributed by atoms with E-state index in [9.17, 15) is 4.39 Å². The summed E-state index contributed by atoms with van der Waals surface area (Å²) >= 11 is 3.43. The van der Waals surface area contributed by atoms with E-state index in [1.807, 2.05) is 6.07 Å². The molecule has 1 aliphatic rings. The molecule has 0 bridgehead atoms. The normalized spacial score (nSPS) is 28.4. The van der Waals surface area contributed by atoms with Crippen molar-refractivity contribution < 1.29 is 4.39 Å². The molecule has 1 aliphatic carbocycles. The van der Waals surface area contributed by atoms with Gasteiger partial charge in [0.05, 0.1) is 0 Å². The first-order valence-corrected chi connectivity index (χ1v) is 7.79.